The molecule has 0 aliphatic rings. The number of rotatable bonds is 5. The van der Waals surface area contributed by atoms with Crippen LogP contribution in [0.4, 0.5) is 5.69 Å². The van der Waals surface area contributed by atoms with Gasteiger partial charge in [0.25, 0.3) is 5.91 Å². The van der Waals surface area contributed by atoms with Gasteiger partial charge >= 0.3 is 0 Å². The summed E-state index contributed by atoms with van der Waals surface area (Å²) in [6.45, 7) is -0.0756. The maximum Gasteiger partial charge on any atom is 0.273 e. The molecule has 24 heavy (non-hydrogen) atoms. The molecule has 0 bridgehead atoms. The largest absolute Gasteiger partial charge is 0.497 e. The quantitative estimate of drug-likeness (QED) is 0.674. The number of amides is 1. The number of nitrogens with zero attached hydrogens (tertiary/aromatic N) is 1. The van der Waals surface area contributed by atoms with Crippen molar-refractivity contribution in [3.63, 3.8) is 0 Å². The van der Waals surface area contributed by atoms with E-state index in [9.17, 15) is 4.79 Å². The normalized spacial score (nSPS) is 10.4. The van der Waals surface area contributed by atoms with E-state index in [0.29, 0.717) is 17.1 Å². The average Bonchev–Trinajstić information content (AvgIpc) is 3.12. The molecule has 0 saturated carbocycles. The lowest BCUT2D eigenvalue weighted by Gasteiger charge is -2.04. The number of benzene rings is 2. The number of H-pyrrole nitrogens is 1. The summed E-state index contributed by atoms with van der Waals surface area (Å²) < 4.78 is 5.19. The van der Waals surface area contributed by atoms with Gasteiger partial charge in [0.15, 0.2) is 0 Å². The number of aromatic nitrogens is 2. The molecule has 0 aliphatic carbocycles. The lowest BCUT2D eigenvalue weighted by Crippen LogP contribution is -2.12. The molecule has 6 nitrogen and oxygen atoms in total. The molecule has 3 N–H and O–H groups in total. The third-order valence-electron chi connectivity index (χ3n) is 3.56. The van der Waals surface area contributed by atoms with Crippen LogP contribution in [0.3, 0.4) is 0 Å². The molecule has 3 rings (SSSR count). The van der Waals surface area contributed by atoms with Crippen molar-refractivity contribution in [1.29, 1.82) is 0 Å². The van der Waals surface area contributed by atoms with Crippen LogP contribution in [0.5, 0.6) is 5.75 Å². The van der Waals surface area contributed by atoms with Gasteiger partial charge in [0.05, 0.1) is 19.4 Å². The molecule has 0 spiro atoms. The minimum Gasteiger partial charge on any atom is -0.497 e. The van der Waals surface area contributed by atoms with Gasteiger partial charge in [0.1, 0.15) is 11.4 Å². The standard InChI is InChI=1S/C18H17N3O3/c1-24-15-7-3-5-13(9-15)16-10-17(21-20-16)18(23)19-14-6-2-4-12(8-14)11-22/h2-10,22H,11H2,1H3,(H,19,23)(H,20,21). The van der Waals surface area contributed by atoms with Crippen LogP contribution in [0.15, 0.2) is 54.6 Å². The van der Waals surface area contributed by atoms with Crippen LogP contribution >= 0.6 is 0 Å². The second-order valence-corrected chi connectivity index (χ2v) is 5.21. The summed E-state index contributed by atoms with van der Waals surface area (Å²) >= 11 is 0. The first-order chi connectivity index (χ1) is 11.7. The maximum atomic E-state index is 12.3. The van der Waals surface area contributed by atoms with Crippen molar-refractivity contribution in [2.45, 2.75) is 6.61 Å². The van der Waals surface area contributed by atoms with Crippen LogP contribution in [0.25, 0.3) is 11.3 Å². The summed E-state index contributed by atoms with van der Waals surface area (Å²) in [5, 5.41) is 18.8. The molecular formula is C18H17N3O3. The van der Waals surface area contributed by atoms with Crippen molar-refractivity contribution in [1.82, 2.24) is 10.2 Å². The fourth-order valence-corrected chi connectivity index (χ4v) is 2.31. The summed E-state index contributed by atoms with van der Waals surface area (Å²) in [6, 6.07) is 16.2. The van der Waals surface area contributed by atoms with Gasteiger partial charge in [-0.1, -0.05) is 24.3 Å². The molecule has 1 heterocycles. The lowest BCUT2D eigenvalue weighted by molar-refractivity contribution is 0.102. The predicted molar refractivity (Wildman–Crippen MR) is 90.9 cm³/mol. The van der Waals surface area contributed by atoms with E-state index in [2.05, 4.69) is 15.5 Å². The van der Waals surface area contributed by atoms with Crippen molar-refractivity contribution in [3.05, 3.63) is 65.9 Å². The van der Waals surface area contributed by atoms with Gasteiger partial charge in [-0.3, -0.25) is 9.89 Å². The number of carbonyl (C=O) groups is 1. The van der Waals surface area contributed by atoms with Crippen LogP contribution in [0.1, 0.15) is 16.1 Å². The first kappa shape index (κ1) is 15.8. The number of ether oxygens (including phenoxy) is 1. The maximum absolute atomic E-state index is 12.3. The molecule has 2 aromatic carbocycles. The van der Waals surface area contributed by atoms with Gasteiger partial charge in [0.2, 0.25) is 0 Å². The van der Waals surface area contributed by atoms with Crippen LogP contribution < -0.4 is 10.1 Å². The van der Waals surface area contributed by atoms with E-state index in [0.717, 1.165) is 16.9 Å². The van der Waals surface area contributed by atoms with Crippen LogP contribution in [-0.4, -0.2) is 28.3 Å². The monoisotopic (exact) mass is 323 g/mol. The molecule has 1 aromatic heterocycles. The van der Waals surface area contributed by atoms with Gasteiger partial charge in [-0.2, -0.15) is 5.10 Å². The smallest absolute Gasteiger partial charge is 0.273 e. The third kappa shape index (κ3) is 3.44. The van der Waals surface area contributed by atoms with E-state index in [1.807, 2.05) is 24.3 Å². The van der Waals surface area contributed by atoms with Gasteiger partial charge in [0, 0.05) is 11.3 Å². The molecule has 122 valence electrons. The van der Waals surface area contributed by atoms with Crippen LogP contribution in [0, 0.1) is 0 Å². The van der Waals surface area contributed by atoms with Gasteiger partial charge in [-0.25, -0.2) is 0 Å². The summed E-state index contributed by atoms with van der Waals surface area (Å²) in [4.78, 5) is 12.3. The van der Waals surface area contributed by atoms with E-state index in [1.54, 1.807) is 37.4 Å². The van der Waals surface area contributed by atoms with E-state index in [4.69, 9.17) is 9.84 Å². The highest BCUT2D eigenvalue weighted by molar-refractivity contribution is 6.03. The molecule has 1 amide bonds. The number of methoxy groups -OCH3 is 1. The van der Waals surface area contributed by atoms with Crippen molar-refractivity contribution >= 4 is 11.6 Å². The van der Waals surface area contributed by atoms with E-state index in [1.165, 1.54) is 0 Å². The highest BCUT2D eigenvalue weighted by atomic mass is 16.5. The average molecular weight is 323 g/mol. The molecule has 0 aliphatic heterocycles. The second-order valence-electron chi connectivity index (χ2n) is 5.21. The minimum absolute atomic E-state index is 0.0756. The first-order valence-electron chi connectivity index (χ1n) is 7.40. The number of aliphatic hydroxyl groups is 1. The number of carbonyl (C=O) groups excluding carboxylic acids is 1. The van der Waals surface area contributed by atoms with Crippen LogP contribution in [0.2, 0.25) is 0 Å². The highest BCUT2D eigenvalue weighted by Gasteiger charge is 2.12. The zero-order chi connectivity index (χ0) is 16.9. The Morgan fingerprint density at radius 3 is 2.83 bits per heavy atom. The Labute approximate surface area is 139 Å². The number of aromatic amines is 1. The Hall–Kier alpha value is -3.12. The van der Waals surface area contributed by atoms with E-state index in [-0.39, 0.29) is 12.5 Å². The lowest BCUT2D eigenvalue weighted by atomic mass is 10.1. The second kappa shape index (κ2) is 6.97. The van der Waals surface area contributed by atoms with Crippen molar-refractivity contribution in [2.24, 2.45) is 0 Å². The number of hydrogen-bond acceptors (Lipinski definition) is 4. The molecule has 0 radical (unpaired) electrons. The topological polar surface area (TPSA) is 87.2 Å². The molecule has 3 aromatic rings. The Bertz CT molecular complexity index is 858. The Morgan fingerprint density at radius 2 is 2.04 bits per heavy atom. The Kier molecular flexibility index (Phi) is 4.58. The third-order valence-corrected chi connectivity index (χ3v) is 3.56. The van der Waals surface area contributed by atoms with Crippen molar-refractivity contribution in [2.75, 3.05) is 12.4 Å². The fourth-order valence-electron chi connectivity index (χ4n) is 2.31. The molecule has 0 unspecified atom stereocenters. The summed E-state index contributed by atoms with van der Waals surface area (Å²) in [5.74, 6) is 0.425. The molecule has 6 heteroatoms. The van der Waals surface area contributed by atoms with E-state index >= 15 is 0 Å². The summed E-state index contributed by atoms with van der Waals surface area (Å²) in [7, 11) is 1.60. The summed E-state index contributed by atoms with van der Waals surface area (Å²) in [5.41, 5.74) is 3.20. The SMILES string of the molecule is COc1cccc(-c2cc(C(=O)Nc3cccc(CO)c3)[nH]n2)c1. The number of anilines is 1. The number of hydrogen-bond donors (Lipinski definition) is 3. The zero-order valence-corrected chi connectivity index (χ0v) is 13.1. The first-order valence-corrected chi connectivity index (χ1v) is 7.40. The zero-order valence-electron chi connectivity index (χ0n) is 13.1. The molecular weight excluding hydrogens is 306 g/mol. The Balaban J connectivity index is 1.78. The molecule has 0 fully saturated rings. The van der Waals surface area contributed by atoms with Gasteiger partial charge < -0.3 is 15.2 Å². The minimum atomic E-state index is -0.299. The predicted octanol–water partition coefficient (Wildman–Crippen LogP) is 2.83. The van der Waals surface area contributed by atoms with Crippen LogP contribution in [-0.2, 0) is 6.61 Å². The fraction of sp³-hybridized carbons (Fsp3) is 0.111. The van der Waals surface area contributed by atoms with Gasteiger partial charge in [-0.05, 0) is 35.9 Å². The van der Waals surface area contributed by atoms with E-state index < -0.39 is 0 Å². The Morgan fingerprint density at radius 1 is 1.21 bits per heavy atom. The molecule has 0 saturated heterocycles. The number of aliphatic hydroxyl groups excluding tert-OH is 1. The highest BCUT2D eigenvalue weighted by Crippen LogP contribution is 2.23. The van der Waals surface area contributed by atoms with Gasteiger partial charge in [-0.15, -0.1) is 0 Å². The number of nitrogens with one attached hydrogen (secondary N) is 2. The van der Waals surface area contributed by atoms with Crippen molar-refractivity contribution in [3.8, 4) is 17.0 Å². The molecule has 0 atom stereocenters. The summed E-state index contributed by atoms with van der Waals surface area (Å²) in [6.07, 6.45) is 0. The van der Waals surface area contributed by atoms with Crippen molar-refractivity contribution < 1.29 is 14.6 Å².